The number of nitrogens with zero attached hydrogens (tertiary/aromatic N) is 4. The second-order valence-corrected chi connectivity index (χ2v) is 11.5. The molecule has 30 heavy (non-hydrogen) atoms. The third kappa shape index (κ3) is 3.30. The minimum absolute atomic E-state index is 0.145. The van der Waals surface area contributed by atoms with E-state index in [1.165, 1.54) is 29.4 Å². The molecule has 0 radical (unpaired) electrons. The van der Waals surface area contributed by atoms with E-state index >= 15 is 0 Å². The van der Waals surface area contributed by atoms with Gasteiger partial charge in [-0.1, -0.05) is 20.1 Å². The summed E-state index contributed by atoms with van der Waals surface area (Å²) in [5, 5.41) is 11.7. The van der Waals surface area contributed by atoms with Gasteiger partial charge in [0.1, 0.15) is 0 Å². The molecule has 2 aliphatic rings. The van der Waals surface area contributed by atoms with Crippen molar-refractivity contribution in [2.75, 3.05) is 24.8 Å². The third-order valence-electron chi connectivity index (χ3n) is 6.32. The summed E-state index contributed by atoms with van der Waals surface area (Å²) in [7, 11) is -0.145. The quantitative estimate of drug-likeness (QED) is 0.640. The molecule has 6 heteroatoms. The molecular formula is C24H27N4OP. The van der Waals surface area contributed by atoms with Crippen LogP contribution in [0.15, 0.2) is 48.9 Å². The summed E-state index contributed by atoms with van der Waals surface area (Å²) in [4.78, 5) is 16.2. The maximum atomic E-state index is 10.3. The fourth-order valence-corrected chi connectivity index (χ4v) is 5.01. The number of aromatic nitrogens is 3. The van der Waals surface area contributed by atoms with Crippen molar-refractivity contribution in [3.63, 3.8) is 0 Å². The molecule has 1 aliphatic heterocycles. The van der Waals surface area contributed by atoms with Gasteiger partial charge in [-0.25, -0.2) is 9.97 Å². The second-order valence-electron chi connectivity index (χ2n) is 9.22. The topological polar surface area (TPSA) is 62.1 Å². The van der Waals surface area contributed by atoms with Gasteiger partial charge >= 0.3 is 0 Å². The van der Waals surface area contributed by atoms with E-state index in [1.54, 1.807) is 20.0 Å². The molecule has 0 saturated heterocycles. The Morgan fingerprint density at radius 3 is 2.40 bits per heavy atom. The lowest BCUT2D eigenvalue weighted by molar-refractivity contribution is 0.0785. The summed E-state index contributed by atoms with van der Waals surface area (Å²) in [5.41, 5.74) is 4.56. The minimum atomic E-state index is -0.911. The molecule has 5 nitrogen and oxygen atoms in total. The van der Waals surface area contributed by atoms with Crippen LogP contribution in [0.5, 0.6) is 0 Å². The fraction of sp³-hybridized carbons (Fsp3) is 0.375. The van der Waals surface area contributed by atoms with Crippen LogP contribution >= 0.6 is 7.92 Å². The van der Waals surface area contributed by atoms with Gasteiger partial charge in [0.2, 0.25) is 5.95 Å². The van der Waals surface area contributed by atoms with Crippen molar-refractivity contribution < 1.29 is 5.11 Å². The highest BCUT2D eigenvalue weighted by Gasteiger charge is 2.52. The predicted octanol–water partition coefficient (Wildman–Crippen LogP) is 4.32. The van der Waals surface area contributed by atoms with Crippen molar-refractivity contribution in [1.82, 2.24) is 15.0 Å². The number of pyridine rings is 1. The SMILES string of the molecule is CP(C)c1ccc2c(c1)N(c1ncc(-c3cc(C(C)(C)O)ccn3)cn1)CC21CC1. The Bertz CT molecular complexity index is 1100. The Morgan fingerprint density at radius 2 is 1.77 bits per heavy atom. The lowest BCUT2D eigenvalue weighted by Gasteiger charge is -2.19. The first-order chi connectivity index (χ1) is 14.3. The van der Waals surface area contributed by atoms with Crippen LogP contribution in [0, 0.1) is 0 Å². The number of rotatable bonds is 4. The molecule has 0 unspecified atom stereocenters. The first-order valence-corrected chi connectivity index (χ1v) is 12.6. The average molecular weight is 418 g/mol. The van der Waals surface area contributed by atoms with Crippen molar-refractivity contribution >= 4 is 24.9 Å². The van der Waals surface area contributed by atoms with E-state index in [-0.39, 0.29) is 7.92 Å². The van der Waals surface area contributed by atoms with Gasteiger partial charge in [0, 0.05) is 41.8 Å². The monoisotopic (exact) mass is 418 g/mol. The van der Waals surface area contributed by atoms with Gasteiger partial charge < -0.3 is 10.0 Å². The Hall–Kier alpha value is -2.36. The summed E-state index contributed by atoms with van der Waals surface area (Å²) in [5.74, 6) is 0.746. The summed E-state index contributed by atoms with van der Waals surface area (Å²) in [6.45, 7) is 9.10. The third-order valence-corrected chi connectivity index (χ3v) is 7.63. The zero-order valence-electron chi connectivity index (χ0n) is 17.9. The number of hydrogen-bond acceptors (Lipinski definition) is 5. The lowest BCUT2D eigenvalue weighted by Crippen LogP contribution is -2.21. The lowest BCUT2D eigenvalue weighted by atomic mass is 9.98. The van der Waals surface area contributed by atoms with Gasteiger partial charge in [0.15, 0.2) is 0 Å². The molecule has 3 heterocycles. The zero-order valence-corrected chi connectivity index (χ0v) is 18.8. The van der Waals surface area contributed by atoms with Crippen LogP contribution < -0.4 is 10.2 Å². The number of anilines is 2. The highest BCUT2D eigenvalue weighted by Crippen LogP contribution is 2.57. The molecule has 1 fully saturated rings. The van der Waals surface area contributed by atoms with Crippen molar-refractivity contribution in [2.45, 2.75) is 37.7 Å². The van der Waals surface area contributed by atoms with Gasteiger partial charge in [0.25, 0.3) is 0 Å². The summed E-state index contributed by atoms with van der Waals surface area (Å²) >= 11 is 0. The molecule has 5 rings (SSSR count). The number of aliphatic hydroxyl groups is 1. The van der Waals surface area contributed by atoms with Crippen molar-refractivity contribution in [2.24, 2.45) is 0 Å². The van der Waals surface area contributed by atoms with E-state index in [0.717, 1.165) is 29.3 Å². The van der Waals surface area contributed by atoms with Crippen molar-refractivity contribution in [1.29, 1.82) is 0 Å². The number of hydrogen-bond donors (Lipinski definition) is 1. The Morgan fingerprint density at radius 1 is 1.03 bits per heavy atom. The fourth-order valence-electron chi connectivity index (χ4n) is 4.26. The van der Waals surface area contributed by atoms with Gasteiger partial charge in [-0.05, 0) is 74.6 Å². The molecular weight excluding hydrogens is 391 g/mol. The van der Waals surface area contributed by atoms with Gasteiger partial charge in [-0.3, -0.25) is 4.98 Å². The maximum absolute atomic E-state index is 10.3. The van der Waals surface area contributed by atoms with E-state index in [2.05, 4.69) is 41.4 Å². The zero-order chi connectivity index (χ0) is 21.1. The molecule has 1 aliphatic carbocycles. The van der Waals surface area contributed by atoms with E-state index in [4.69, 9.17) is 9.97 Å². The Kier molecular flexibility index (Phi) is 4.46. The van der Waals surface area contributed by atoms with E-state index < -0.39 is 5.60 Å². The highest BCUT2D eigenvalue weighted by molar-refractivity contribution is 7.64. The smallest absolute Gasteiger partial charge is 0.229 e. The van der Waals surface area contributed by atoms with Crippen LogP contribution in [0.1, 0.15) is 37.8 Å². The van der Waals surface area contributed by atoms with Crippen LogP contribution in [-0.4, -0.2) is 39.9 Å². The number of fused-ring (bicyclic) bond motifs is 2. The van der Waals surface area contributed by atoms with Crippen LogP contribution in [0.4, 0.5) is 11.6 Å². The first-order valence-electron chi connectivity index (χ1n) is 10.4. The molecule has 2 aromatic heterocycles. The predicted molar refractivity (Wildman–Crippen MR) is 123 cm³/mol. The van der Waals surface area contributed by atoms with Crippen LogP contribution in [-0.2, 0) is 11.0 Å². The van der Waals surface area contributed by atoms with Gasteiger partial charge in [-0.15, -0.1) is 0 Å². The van der Waals surface area contributed by atoms with Crippen LogP contribution in [0.25, 0.3) is 11.3 Å². The Labute approximate surface area is 179 Å². The van der Waals surface area contributed by atoms with E-state index in [9.17, 15) is 5.11 Å². The molecule has 1 spiro atoms. The largest absolute Gasteiger partial charge is 0.386 e. The van der Waals surface area contributed by atoms with Crippen LogP contribution in [0.3, 0.4) is 0 Å². The first kappa shape index (κ1) is 19.6. The molecule has 3 aromatic rings. The summed E-state index contributed by atoms with van der Waals surface area (Å²) in [6, 6.07) is 10.7. The standard InChI is InChI=1S/C24H27N4OP/c1-23(2,29)17-7-10-25-20(11-17)16-13-26-22(27-14-16)28-15-24(8-9-24)19-6-5-18(30(3)4)12-21(19)28/h5-7,10-14,29H,8-9,15H2,1-4H3. The summed E-state index contributed by atoms with van der Waals surface area (Å²) < 4.78 is 0. The second kappa shape index (κ2) is 6.83. The average Bonchev–Trinajstić information content (AvgIpc) is 3.44. The molecule has 1 saturated carbocycles. The van der Waals surface area contributed by atoms with Gasteiger partial charge in [-0.2, -0.15) is 0 Å². The number of benzene rings is 1. The molecule has 154 valence electrons. The Balaban J connectivity index is 1.48. The summed E-state index contributed by atoms with van der Waals surface area (Å²) in [6.07, 6.45) is 7.89. The minimum Gasteiger partial charge on any atom is -0.386 e. The molecule has 1 N–H and O–H groups in total. The van der Waals surface area contributed by atoms with Crippen molar-refractivity contribution in [3.8, 4) is 11.3 Å². The maximum Gasteiger partial charge on any atom is 0.229 e. The normalized spacial score (nSPS) is 16.9. The molecule has 0 bridgehead atoms. The molecule has 1 aromatic carbocycles. The van der Waals surface area contributed by atoms with Gasteiger partial charge in [0.05, 0.1) is 11.3 Å². The highest BCUT2D eigenvalue weighted by atomic mass is 31.1. The van der Waals surface area contributed by atoms with Crippen molar-refractivity contribution in [3.05, 3.63) is 60.0 Å². The van der Waals surface area contributed by atoms with Crippen LogP contribution in [0.2, 0.25) is 0 Å². The van der Waals surface area contributed by atoms with E-state index in [1.807, 2.05) is 24.5 Å². The van der Waals surface area contributed by atoms with E-state index in [0.29, 0.717) is 5.41 Å². The molecule has 0 atom stereocenters. The molecule has 0 amide bonds.